The van der Waals surface area contributed by atoms with Crippen molar-refractivity contribution < 1.29 is 23.8 Å². The highest BCUT2D eigenvalue weighted by molar-refractivity contribution is 6.30. The Morgan fingerprint density at radius 2 is 2.03 bits per heavy atom. The molecule has 0 atom stereocenters. The molecule has 0 unspecified atom stereocenters. The molecule has 0 fully saturated rings. The third-order valence-electron chi connectivity index (χ3n) is 4.56. The highest BCUT2D eigenvalue weighted by Crippen LogP contribution is 2.23. The molecule has 0 amide bonds. The molecular weight excluding hydrogens is 425 g/mol. The van der Waals surface area contributed by atoms with Gasteiger partial charge in [0.05, 0.1) is 17.3 Å². The number of hydrogen-bond donors (Lipinski definition) is 2. The normalized spacial score (nSPS) is 10.6. The van der Waals surface area contributed by atoms with Crippen LogP contribution in [-0.4, -0.2) is 34.2 Å². The summed E-state index contributed by atoms with van der Waals surface area (Å²) in [7, 11) is 0. The largest absolute Gasteiger partial charge is 0.491 e. The maximum absolute atomic E-state index is 13.3. The molecule has 162 valence electrons. The standard InChI is InChI=1S/C22H21ClFN3O4/c1-13-4-3-5-20(14(13)2)30-9-8-25-22-26-11-16(21(28)29)19(27-22)12-31-15-6-7-18(24)17(23)10-15/h3-7,10-11H,8-9,12H2,1-2H3,(H,28,29)(H,25,26,27). The quantitative estimate of drug-likeness (QED) is 0.463. The predicted octanol–water partition coefficient (Wildman–Crippen LogP) is 4.65. The first-order chi connectivity index (χ1) is 14.8. The van der Waals surface area contributed by atoms with E-state index in [0.29, 0.717) is 13.2 Å². The molecule has 2 N–H and O–H groups in total. The fraction of sp³-hybridized carbons (Fsp3) is 0.227. The summed E-state index contributed by atoms with van der Waals surface area (Å²) >= 11 is 5.74. The fourth-order valence-corrected chi connectivity index (χ4v) is 2.88. The molecule has 2 aromatic carbocycles. The van der Waals surface area contributed by atoms with Crippen molar-refractivity contribution in [1.82, 2.24) is 9.97 Å². The number of aromatic carboxylic acids is 1. The summed E-state index contributed by atoms with van der Waals surface area (Å²) in [5, 5.41) is 12.3. The fourth-order valence-electron chi connectivity index (χ4n) is 2.71. The first-order valence-corrected chi connectivity index (χ1v) is 9.83. The van der Waals surface area contributed by atoms with E-state index in [2.05, 4.69) is 15.3 Å². The van der Waals surface area contributed by atoms with Gasteiger partial charge in [0.1, 0.15) is 36.1 Å². The average molecular weight is 446 g/mol. The number of aromatic nitrogens is 2. The van der Waals surface area contributed by atoms with Crippen molar-refractivity contribution in [2.24, 2.45) is 0 Å². The lowest BCUT2D eigenvalue weighted by atomic mass is 10.1. The number of anilines is 1. The number of benzene rings is 2. The summed E-state index contributed by atoms with van der Waals surface area (Å²) in [4.78, 5) is 19.7. The number of hydrogen-bond acceptors (Lipinski definition) is 6. The Morgan fingerprint density at radius 1 is 1.23 bits per heavy atom. The zero-order valence-corrected chi connectivity index (χ0v) is 17.7. The number of carbonyl (C=O) groups is 1. The average Bonchev–Trinajstić information content (AvgIpc) is 2.74. The van der Waals surface area contributed by atoms with Gasteiger partial charge < -0.3 is 19.9 Å². The smallest absolute Gasteiger partial charge is 0.339 e. The molecule has 0 aliphatic rings. The second-order valence-corrected chi connectivity index (χ2v) is 7.10. The minimum absolute atomic E-state index is 0.0922. The molecule has 3 rings (SSSR count). The van der Waals surface area contributed by atoms with Gasteiger partial charge in [0.15, 0.2) is 0 Å². The van der Waals surface area contributed by atoms with Crippen LogP contribution in [0.25, 0.3) is 0 Å². The Balaban J connectivity index is 1.62. The van der Waals surface area contributed by atoms with Crippen LogP contribution < -0.4 is 14.8 Å². The highest BCUT2D eigenvalue weighted by atomic mass is 35.5. The van der Waals surface area contributed by atoms with Crippen molar-refractivity contribution in [3.05, 3.63) is 75.8 Å². The summed E-state index contributed by atoms with van der Waals surface area (Å²) in [5.41, 5.74) is 2.29. The van der Waals surface area contributed by atoms with E-state index in [9.17, 15) is 14.3 Å². The monoisotopic (exact) mass is 445 g/mol. The van der Waals surface area contributed by atoms with Gasteiger partial charge in [-0.05, 0) is 43.2 Å². The van der Waals surface area contributed by atoms with Crippen molar-refractivity contribution in [3.63, 3.8) is 0 Å². The number of halogens is 2. The predicted molar refractivity (Wildman–Crippen MR) is 115 cm³/mol. The number of carboxylic acid groups (broad SMARTS) is 1. The topological polar surface area (TPSA) is 93.6 Å². The van der Waals surface area contributed by atoms with Gasteiger partial charge in [-0.15, -0.1) is 0 Å². The molecule has 0 bridgehead atoms. The second-order valence-electron chi connectivity index (χ2n) is 6.70. The maximum Gasteiger partial charge on any atom is 0.339 e. The minimum atomic E-state index is -1.18. The number of nitrogens with zero attached hydrogens (tertiary/aromatic N) is 2. The lowest BCUT2D eigenvalue weighted by Crippen LogP contribution is -2.16. The molecule has 7 nitrogen and oxygen atoms in total. The Labute approximate surface area is 183 Å². The van der Waals surface area contributed by atoms with Crippen molar-refractivity contribution >= 4 is 23.5 Å². The lowest BCUT2D eigenvalue weighted by molar-refractivity contribution is 0.0692. The first kappa shape index (κ1) is 22.3. The van der Waals surface area contributed by atoms with Crippen LogP contribution in [-0.2, 0) is 6.61 Å². The van der Waals surface area contributed by atoms with Crippen molar-refractivity contribution in [1.29, 1.82) is 0 Å². The lowest BCUT2D eigenvalue weighted by Gasteiger charge is -2.12. The van der Waals surface area contributed by atoms with Gasteiger partial charge in [-0.3, -0.25) is 0 Å². The summed E-state index contributed by atoms with van der Waals surface area (Å²) in [6.07, 6.45) is 1.21. The second kappa shape index (κ2) is 10.1. The van der Waals surface area contributed by atoms with Gasteiger partial charge in [-0.1, -0.05) is 23.7 Å². The Morgan fingerprint density at radius 3 is 2.77 bits per heavy atom. The first-order valence-electron chi connectivity index (χ1n) is 9.45. The number of carboxylic acids is 1. The van der Waals surface area contributed by atoms with Gasteiger partial charge in [-0.25, -0.2) is 19.2 Å². The number of nitrogens with one attached hydrogen (secondary N) is 1. The Hall–Kier alpha value is -3.39. The van der Waals surface area contributed by atoms with Crippen LogP contribution in [0.1, 0.15) is 27.2 Å². The van der Waals surface area contributed by atoms with E-state index < -0.39 is 11.8 Å². The Kier molecular flexibility index (Phi) is 7.25. The van der Waals surface area contributed by atoms with E-state index in [4.69, 9.17) is 21.1 Å². The van der Waals surface area contributed by atoms with Gasteiger partial charge in [0.25, 0.3) is 0 Å². The molecular formula is C22H21ClFN3O4. The molecule has 0 aliphatic heterocycles. The van der Waals surface area contributed by atoms with Crippen LogP contribution in [0, 0.1) is 19.7 Å². The van der Waals surface area contributed by atoms with Crippen LogP contribution in [0.15, 0.2) is 42.6 Å². The Bertz CT molecular complexity index is 1090. The molecule has 0 aliphatic carbocycles. The molecule has 0 saturated carbocycles. The maximum atomic E-state index is 13.3. The number of aryl methyl sites for hydroxylation is 1. The molecule has 0 spiro atoms. The van der Waals surface area contributed by atoms with Crippen LogP contribution in [0.4, 0.5) is 10.3 Å². The summed E-state index contributed by atoms with van der Waals surface area (Å²) in [6, 6.07) is 9.71. The molecule has 1 aromatic heterocycles. The van der Waals surface area contributed by atoms with Crippen LogP contribution in [0.3, 0.4) is 0 Å². The summed E-state index contributed by atoms with van der Waals surface area (Å²) < 4.78 is 24.6. The number of rotatable bonds is 9. The van der Waals surface area contributed by atoms with E-state index in [-0.39, 0.29) is 34.6 Å². The molecule has 1 heterocycles. The molecule has 3 aromatic rings. The third kappa shape index (κ3) is 5.82. The summed E-state index contributed by atoms with van der Waals surface area (Å²) in [5.74, 6) is -0.420. The van der Waals surface area contributed by atoms with Crippen LogP contribution >= 0.6 is 11.6 Å². The zero-order chi connectivity index (χ0) is 22.4. The van der Waals surface area contributed by atoms with Crippen LogP contribution in [0.5, 0.6) is 11.5 Å². The van der Waals surface area contributed by atoms with Crippen molar-refractivity contribution in [3.8, 4) is 11.5 Å². The molecule has 0 saturated heterocycles. The van der Waals surface area contributed by atoms with Crippen LogP contribution in [0.2, 0.25) is 5.02 Å². The SMILES string of the molecule is Cc1cccc(OCCNc2ncc(C(=O)O)c(COc3ccc(F)c(Cl)c3)n2)c1C. The van der Waals surface area contributed by atoms with E-state index in [1.165, 1.54) is 24.4 Å². The number of ether oxygens (including phenoxy) is 2. The van der Waals surface area contributed by atoms with Gasteiger partial charge in [0, 0.05) is 12.3 Å². The van der Waals surface area contributed by atoms with Crippen molar-refractivity contribution in [2.75, 3.05) is 18.5 Å². The van der Waals surface area contributed by atoms with E-state index in [0.717, 1.165) is 16.9 Å². The molecule has 9 heteroatoms. The van der Waals surface area contributed by atoms with Gasteiger partial charge in [0.2, 0.25) is 5.95 Å². The van der Waals surface area contributed by atoms with Gasteiger partial charge >= 0.3 is 5.97 Å². The minimum Gasteiger partial charge on any atom is -0.491 e. The molecule has 0 radical (unpaired) electrons. The highest BCUT2D eigenvalue weighted by Gasteiger charge is 2.15. The molecule has 31 heavy (non-hydrogen) atoms. The van der Waals surface area contributed by atoms with E-state index >= 15 is 0 Å². The van der Waals surface area contributed by atoms with E-state index in [1.807, 2.05) is 32.0 Å². The van der Waals surface area contributed by atoms with Gasteiger partial charge in [-0.2, -0.15) is 0 Å². The summed E-state index contributed by atoms with van der Waals surface area (Å²) in [6.45, 7) is 4.63. The van der Waals surface area contributed by atoms with Crippen molar-refractivity contribution in [2.45, 2.75) is 20.5 Å². The van der Waals surface area contributed by atoms with E-state index in [1.54, 1.807) is 0 Å². The third-order valence-corrected chi connectivity index (χ3v) is 4.85. The zero-order valence-electron chi connectivity index (χ0n) is 17.0.